The molecule has 0 heterocycles. The summed E-state index contributed by atoms with van der Waals surface area (Å²) < 4.78 is 0. The van der Waals surface area contributed by atoms with Crippen LogP contribution in [0.5, 0.6) is 0 Å². The summed E-state index contributed by atoms with van der Waals surface area (Å²) in [5.74, 6) is 0.950. The zero-order valence-corrected chi connectivity index (χ0v) is 8.07. The summed E-state index contributed by atoms with van der Waals surface area (Å²) in [5, 5.41) is 0. The van der Waals surface area contributed by atoms with Crippen molar-refractivity contribution < 1.29 is 0 Å². The number of hydrogen-bond donors (Lipinski definition) is 0. The molecule has 0 N–H and O–H groups in total. The summed E-state index contributed by atoms with van der Waals surface area (Å²) in [7, 11) is 1.18. The molecule has 0 rings (SSSR count). The molecule has 0 bridgehead atoms. The van der Waals surface area contributed by atoms with Gasteiger partial charge in [-0.1, -0.05) is 34.1 Å². The summed E-state index contributed by atoms with van der Waals surface area (Å²) in [5.41, 5.74) is 0.916. The van der Waals surface area contributed by atoms with Gasteiger partial charge in [0.05, 0.1) is 0 Å². The lowest BCUT2D eigenvalue weighted by Crippen LogP contribution is -1.96. The molecule has 0 spiro atoms. The fourth-order valence-electron chi connectivity index (χ4n) is 0.581. The zero-order chi connectivity index (χ0) is 7.28. The summed E-state index contributed by atoms with van der Waals surface area (Å²) in [6.45, 7) is 9.23. The van der Waals surface area contributed by atoms with Crippen LogP contribution in [0.3, 0.4) is 0 Å². The average molecular weight is 146 g/mol. The number of hydrogen-bond acceptors (Lipinski definition) is 0. The van der Waals surface area contributed by atoms with Gasteiger partial charge in [-0.15, -0.1) is 8.58 Å². The van der Waals surface area contributed by atoms with Gasteiger partial charge >= 0.3 is 0 Å². The van der Waals surface area contributed by atoms with Gasteiger partial charge in [0.15, 0.2) is 0 Å². The Labute approximate surface area is 61.2 Å². The van der Waals surface area contributed by atoms with Crippen molar-refractivity contribution in [2.75, 3.05) is 6.16 Å². The van der Waals surface area contributed by atoms with Crippen molar-refractivity contribution in [1.29, 1.82) is 0 Å². The van der Waals surface area contributed by atoms with Crippen molar-refractivity contribution >= 4 is 8.58 Å². The fraction of sp³-hybridized carbons (Fsp3) is 1.00. The van der Waals surface area contributed by atoms with E-state index in [9.17, 15) is 0 Å². The minimum atomic E-state index is 0.916. The summed E-state index contributed by atoms with van der Waals surface area (Å²) in [4.78, 5) is 0. The molecule has 0 fully saturated rings. The standard InChI is InChI=1S/C8H19P/c1-5-8(4)6-9-7(2)3/h7-9H,5-6H2,1-4H3. The van der Waals surface area contributed by atoms with E-state index in [1.54, 1.807) is 0 Å². The first-order valence-corrected chi connectivity index (χ1v) is 5.18. The highest BCUT2D eigenvalue weighted by Gasteiger charge is 1.99. The molecule has 9 heavy (non-hydrogen) atoms. The first-order chi connectivity index (χ1) is 4.16. The maximum Gasteiger partial charge on any atom is -0.0293 e. The topological polar surface area (TPSA) is 0 Å². The van der Waals surface area contributed by atoms with E-state index in [1.807, 2.05) is 0 Å². The van der Waals surface area contributed by atoms with Crippen molar-refractivity contribution in [2.45, 2.75) is 39.8 Å². The van der Waals surface area contributed by atoms with E-state index in [4.69, 9.17) is 0 Å². The molecule has 0 aliphatic carbocycles. The molecule has 0 aliphatic rings. The second-order valence-electron chi connectivity index (χ2n) is 3.08. The van der Waals surface area contributed by atoms with Crippen LogP contribution in [0.25, 0.3) is 0 Å². The molecule has 0 radical (unpaired) electrons. The Hall–Kier alpha value is 0.430. The van der Waals surface area contributed by atoms with Crippen LogP contribution >= 0.6 is 8.58 Å². The van der Waals surface area contributed by atoms with E-state index < -0.39 is 0 Å². The van der Waals surface area contributed by atoms with Gasteiger partial charge in [0.2, 0.25) is 0 Å². The van der Waals surface area contributed by atoms with Crippen molar-refractivity contribution in [1.82, 2.24) is 0 Å². The van der Waals surface area contributed by atoms with Gasteiger partial charge in [-0.3, -0.25) is 0 Å². The Kier molecular flexibility index (Phi) is 5.48. The highest BCUT2D eigenvalue weighted by atomic mass is 31.1. The van der Waals surface area contributed by atoms with Gasteiger partial charge in [-0.05, 0) is 17.7 Å². The lowest BCUT2D eigenvalue weighted by atomic mass is 10.2. The van der Waals surface area contributed by atoms with Crippen molar-refractivity contribution in [3.63, 3.8) is 0 Å². The van der Waals surface area contributed by atoms with Gasteiger partial charge in [-0.25, -0.2) is 0 Å². The van der Waals surface area contributed by atoms with E-state index in [0.29, 0.717) is 0 Å². The Balaban J connectivity index is 3.06. The predicted octanol–water partition coefficient (Wildman–Crippen LogP) is 3.12. The van der Waals surface area contributed by atoms with E-state index in [1.165, 1.54) is 21.2 Å². The molecule has 0 aromatic rings. The molecule has 0 saturated carbocycles. The van der Waals surface area contributed by atoms with Crippen LogP contribution < -0.4 is 0 Å². The van der Waals surface area contributed by atoms with Crippen molar-refractivity contribution in [3.8, 4) is 0 Å². The van der Waals surface area contributed by atoms with Crippen LogP contribution in [0.15, 0.2) is 0 Å². The predicted molar refractivity (Wildman–Crippen MR) is 47.8 cm³/mol. The third-order valence-electron chi connectivity index (χ3n) is 1.57. The third kappa shape index (κ3) is 6.31. The molecule has 0 aromatic heterocycles. The average Bonchev–Trinajstić information content (AvgIpc) is 1.83. The van der Waals surface area contributed by atoms with Crippen molar-refractivity contribution in [3.05, 3.63) is 0 Å². The van der Waals surface area contributed by atoms with Gasteiger partial charge in [0.25, 0.3) is 0 Å². The van der Waals surface area contributed by atoms with E-state index >= 15 is 0 Å². The monoisotopic (exact) mass is 146 g/mol. The molecule has 0 amide bonds. The van der Waals surface area contributed by atoms with Gasteiger partial charge in [0.1, 0.15) is 0 Å². The molecule has 2 atom stereocenters. The quantitative estimate of drug-likeness (QED) is 0.534. The molecular weight excluding hydrogens is 127 g/mol. The molecule has 0 aliphatic heterocycles. The lowest BCUT2D eigenvalue weighted by molar-refractivity contribution is 0.633. The largest absolute Gasteiger partial charge is 0.119 e. The van der Waals surface area contributed by atoms with Crippen LogP contribution in [0.1, 0.15) is 34.1 Å². The maximum absolute atomic E-state index is 2.34. The SMILES string of the molecule is CCC(C)CPC(C)C. The van der Waals surface area contributed by atoms with Gasteiger partial charge < -0.3 is 0 Å². The highest BCUT2D eigenvalue weighted by Crippen LogP contribution is 2.22. The van der Waals surface area contributed by atoms with E-state index in [2.05, 4.69) is 27.7 Å². The Morgan fingerprint density at radius 3 is 2.11 bits per heavy atom. The number of rotatable bonds is 4. The van der Waals surface area contributed by atoms with Crippen LogP contribution in [0.4, 0.5) is 0 Å². The first-order valence-electron chi connectivity index (χ1n) is 3.90. The second kappa shape index (κ2) is 5.23. The Morgan fingerprint density at radius 1 is 1.22 bits per heavy atom. The van der Waals surface area contributed by atoms with Crippen LogP contribution in [-0.4, -0.2) is 11.8 Å². The van der Waals surface area contributed by atoms with E-state index in [0.717, 1.165) is 11.6 Å². The molecular formula is C8H19P. The fourth-order valence-corrected chi connectivity index (χ4v) is 1.74. The minimum absolute atomic E-state index is 0.916. The maximum atomic E-state index is 2.34. The van der Waals surface area contributed by atoms with Crippen molar-refractivity contribution in [2.24, 2.45) is 5.92 Å². The molecule has 56 valence electrons. The molecule has 1 heteroatoms. The second-order valence-corrected chi connectivity index (χ2v) is 5.05. The molecule has 0 nitrogen and oxygen atoms in total. The highest BCUT2D eigenvalue weighted by molar-refractivity contribution is 7.38. The van der Waals surface area contributed by atoms with Crippen LogP contribution in [0.2, 0.25) is 0 Å². The normalized spacial score (nSPS) is 15.7. The van der Waals surface area contributed by atoms with Crippen LogP contribution in [-0.2, 0) is 0 Å². The zero-order valence-electron chi connectivity index (χ0n) is 7.07. The van der Waals surface area contributed by atoms with Gasteiger partial charge in [-0.2, -0.15) is 0 Å². The summed E-state index contributed by atoms with van der Waals surface area (Å²) in [6, 6.07) is 0. The Bertz CT molecular complexity index is 59.6. The molecule has 2 unspecified atom stereocenters. The van der Waals surface area contributed by atoms with E-state index in [-0.39, 0.29) is 0 Å². The molecule has 0 saturated heterocycles. The minimum Gasteiger partial charge on any atom is -0.119 e. The molecule has 0 aromatic carbocycles. The Morgan fingerprint density at radius 2 is 1.78 bits per heavy atom. The van der Waals surface area contributed by atoms with Crippen LogP contribution in [0, 0.1) is 5.92 Å². The van der Waals surface area contributed by atoms with Gasteiger partial charge in [0, 0.05) is 0 Å². The lowest BCUT2D eigenvalue weighted by Gasteiger charge is -2.09. The first kappa shape index (κ1) is 9.43. The summed E-state index contributed by atoms with van der Waals surface area (Å²) in [6.07, 6.45) is 2.79. The third-order valence-corrected chi connectivity index (χ3v) is 3.32. The smallest absolute Gasteiger partial charge is 0.0293 e. The summed E-state index contributed by atoms with van der Waals surface area (Å²) >= 11 is 0.